The number of thiophene rings is 1. The van der Waals surface area contributed by atoms with Crippen molar-refractivity contribution in [1.29, 1.82) is 0 Å². The molecule has 0 aliphatic heterocycles. The number of carboxylic acid groups (broad SMARTS) is 1. The Hall–Kier alpha value is -2.14. The summed E-state index contributed by atoms with van der Waals surface area (Å²) in [5.41, 5.74) is 2.11. The highest BCUT2D eigenvalue weighted by Crippen LogP contribution is 2.27. The maximum absolute atomic E-state index is 10.7. The molecule has 0 saturated carbocycles. The second kappa shape index (κ2) is 6.15. The van der Waals surface area contributed by atoms with Crippen LogP contribution < -0.4 is 5.32 Å². The number of hydrogen-bond donors (Lipinski definition) is 2. The predicted octanol–water partition coefficient (Wildman–Crippen LogP) is 3.04. The first-order chi connectivity index (χ1) is 9.19. The van der Waals surface area contributed by atoms with Crippen molar-refractivity contribution >= 4 is 23.7 Å². The monoisotopic (exact) mass is 275 g/mol. The summed E-state index contributed by atoms with van der Waals surface area (Å²) in [5, 5.41) is 10.9. The Morgan fingerprint density at radius 2 is 2.16 bits per heavy atom. The quantitative estimate of drug-likeness (QED) is 0.824. The fraction of sp³-hybridized carbons (Fsp3) is 0.143. The van der Waals surface area contributed by atoms with E-state index in [1.165, 1.54) is 11.3 Å². The summed E-state index contributed by atoms with van der Waals surface area (Å²) in [4.78, 5) is 22.8. The zero-order chi connectivity index (χ0) is 13.7. The minimum atomic E-state index is -1.01. The van der Waals surface area contributed by atoms with Crippen LogP contribution in [0.1, 0.15) is 15.2 Å². The first-order valence-electron chi connectivity index (χ1n) is 5.80. The van der Waals surface area contributed by atoms with E-state index in [9.17, 15) is 9.59 Å². The number of nitrogens with one attached hydrogen (secondary N) is 1. The molecule has 0 bridgehead atoms. The van der Waals surface area contributed by atoms with Gasteiger partial charge in [-0.2, -0.15) is 0 Å². The van der Waals surface area contributed by atoms with Crippen molar-refractivity contribution in [2.24, 2.45) is 0 Å². The van der Waals surface area contributed by atoms with Crippen molar-refractivity contribution < 1.29 is 14.7 Å². The van der Waals surface area contributed by atoms with E-state index < -0.39 is 6.09 Å². The van der Waals surface area contributed by atoms with Gasteiger partial charge in [0.1, 0.15) is 0 Å². The molecule has 0 saturated heterocycles. The summed E-state index contributed by atoms with van der Waals surface area (Å²) in [6, 6.07) is 11.6. The van der Waals surface area contributed by atoms with Crippen LogP contribution in [0.15, 0.2) is 36.4 Å². The molecule has 5 heteroatoms. The van der Waals surface area contributed by atoms with E-state index in [2.05, 4.69) is 5.32 Å². The van der Waals surface area contributed by atoms with Crippen molar-refractivity contribution in [2.75, 3.05) is 6.54 Å². The second-order valence-electron chi connectivity index (χ2n) is 4.00. The zero-order valence-corrected chi connectivity index (χ0v) is 10.9. The topological polar surface area (TPSA) is 66.4 Å². The highest BCUT2D eigenvalue weighted by molar-refractivity contribution is 7.17. The molecular weight excluding hydrogens is 262 g/mol. The number of aldehydes is 1. The summed E-state index contributed by atoms with van der Waals surface area (Å²) in [5.74, 6) is 0. The van der Waals surface area contributed by atoms with E-state index in [1.54, 1.807) is 6.07 Å². The zero-order valence-electron chi connectivity index (χ0n) is 10.1. The van der Waals surface area contributed by atoms with Gasteiger partial charge in [-0.05, 0) is 29.7 Å². The highest BCUT2D eigenvalue weighted by atomic mass is 32.1. The van der Waals surface area contributed by atoms with Crippen LogP contribution in [-0.4, -0.2) is 24.0 Å². The molecule has 0 aliphatic carbocycles. The molecule has 0 atom stereocenters. The van der Waals surface area contributed by atoms with Gasteiger partial charge in [-0.3, -0.25) is 4.79 Å². The maximum atomic E-state index is 10.7. The first kappa shape index (κ1) is 13.3. The highest BCUT2D eigenvalue weighted by Gasteiger charge is 2.03. The Morgan fingerprint density at radius 1 is 1.32 bits per heavy atom. The normalized spacial score (nSPS) is 10.1. The maximum Gasteiger partial charge on any atom is 0.404 e. The molecule has 4 nitrogen and oxygen atoms in total. The smallest absolute Gasteiger partial charge is 0.404 e. The van der Waals surface area contributed by atoms with Crippen LogP contribution in [0, 0.1) is 0 Å². The second-order valence-corrected chi connectivity index (χ2v) is 5.12. The van der Waals surface area contributed by atoms with E-state index in [4.69, 9.17) is 5.11 Å². The lowest BCUT2D eigenvalue weighted by atomic mass is 10.1. The minimum Gasteiger partial charge on any atom is -0.465 e. The molecule has 2 N–H and O–H groups in total. The van der Waals surface area contributed by atoms with Gasteiger partial charge in [-0.15, -0.1) is 11.3 Å². The molecular formula is C14H13NO3S. The molecule has 1 amide bonds. The van der Waals surface area contributed by atoms with Gasteiger partial charge in [0.25, 0.3) is 0 Å². The van der Waals surface area contributed by atoms with Crippen molar-refractivity contribution in [1.82, 2.24) is 5.32 Å². The van der Waals surface area contributed by atoms with Crippen molar-refractivity contribution in [2.45, 2.75) is 6.42 Å². The lowest BCUT2D eigenvalue weighted by Crippen LogP contribution is -2.23. The molecule has 2 aromatic rings. The fourth-order valence-electron chi connectivity index (χ4n) is 1.77. The molecule has 0 spiro atoms. The van der Waals surface area contributed by atoms with E-state index in [-0.39, 0.29) is 0 Å². The number of hydrogen-bond acceptors (Lipinski definition) is 3. The van der Waals surface area contributed by atoms with Gasteiger partial charge >= 0.3 is 6.09 Å². The minimum absolute atomic E-state index is 0.392. The Labute approximate surface area is 114 Å². The van der Waals surface area contributed by atoms with Crippen LogP contribution in [0.3, 0.4) is 0 Å². The number of amides is 1. The molecule has 0 unspecified atom stereocenters. The first-order valence-corrected chi connectivity index (χ1v) is 6.62. The summed E-state index contributed by atoms with van der Waals surface area (Å²) in [7, 11) is 0. The molecule has 19 heavy (non-hydrogen) atoms. The van der Waals surface area contributed by atoms with Crippen LogP contribution in [0.4, 0.5) is 4.79 Å². The van der Waals surface area contributed by atoms with Gasteiger partial charge in [0, 0.05) is 11.4 Å². The van der Waals surface area contributed by atoms with Gasteiger partial charge in [-0.25, -0.2) is 4.79 Å². The van der Waals surface area contributed by atoms with Crippen molar-refractivity contribution in [3.05, 3.63) is 46.8 Å². The van der Waals surface area contributed by atoms with Gasteiger partial charge in [0.15, 0.2) is 6.29 Å². The van der Waals surface area contributed by atoms with Gasteiger partial charge in [0.2, 0.25) is 0 Å². The van der Waals surface area contributed by atoms with Crippen LogP contribution >= 0.6 is 11.3 Å². The number of carbonyl (C=O) groups is 2. The van der Waals surface area contributed by atoms with Crippen LogP contribution in [0.25, 0.3) is 10.4 Å². The molecule has 1 heterocycles. The molecule has 2 rings (SSSR count). The average Bonchev–Trinajstić information content (AvgIpc) is 2.87. The van der Waals surface area contributed by atoms with E-state index in [0.717, 1.165) is 22.3 Å². The molecule has 1 aromatic carbocycles. The van der Waals surface area contributed by atoms with Crippen LogP contribution in [0.2, 0.25) is 0 Å². The Kier molecular flexibility index (Phi) is 4.30. The van der Waals surface area contributed by atoms with Crippen molar-refractivity contribution in [3.8, 4) is 10.4 Å². The molecule has 0 aliphatic rings. The summed E-state index contributed by atoms with van der Waals surface area (Å²) in [6.45, 7) is 0.392. The van der Waals surface area contributed by atoms with Gasteiger partial charge in [-0.1, -0.05) is 24.3 Å². The molecule has 98 valence electrons. The number of rotatable bonds is 5. The predicted molar refractivity (Wildman–Crippen MR) is 74.9 cm³/mol. The lowest BCUT2D eigenvalue weighted by Gasteiger charge is -2.04. The average molecular weight is 275 g/mol. The number of carbonyl (C=O) groups excluding carboxylic acids is 1. The standard InChI is InChI=1S/C14H13NO3S/c16-9-12-4-5-13(19-12)11-3-1-2-10(8-11)6-7-15-14(17)18/h1-5,8-9,15H,6-7H2,(H,17,18). The summed E-state index contributed by atoms with van der Waals surface area (Å²) < 4.78 is 0. The third kappa shape index (κ3) is 3.66. The SMILES string of the molecule is O=Cc1ccc(-c2cccc(CCNC(=O)O)c2)s1. The molecule has 0 radical (unpaired) electrons. The van der Waals surface area contributed by atoms with Gasteiger partial charge < -0.3 is 10.4 Å². The Bertz CT molecular complexity index is 592. The van der Waals surface area contributed by atoms with E-state index in [0.29, 0.717) is 17.8 Å². The molecule has 1 aromatic heterocycles. The van der Waals surface area contributed by atoms with E-state index in [1.807, 2.05) is 30.3 Å². The fourth-order valence-corrected chi connectivity index (χ4v) is 2.58. The van der Waals surface area contributed by atoms with Crippen LogP contribution in [0.5, 0.6) is 0 Å². The lowest BCUT2D eigenvalue weighted by molar-refractivity contribution is 0.112. The summed E-state index contributed by atoms with van der Waals surface area (Å²) >= 11 is 1.45. The third-order valence-corrected chi connectivity index (χ3v) is 3.70. The number of benzene rings is 1. The van der Waals surface area contributed by atoms with Gasteiger partial charge in [0.05, 0.1) is 4.88 Å². The van der Waals surface area contributed by atoms with E-state index >= 15 is 0 Å². The van der Waals surface area contributed by atoms with Crippen molar-refractivity contribution in [3.63, 3.8) is 0 Å². The third-order valence-electron chi connectivity index (χ3n) is 2.64. The largest absolute Gasteiger partial charge is 0.465 e. The Balaban J connectivity index is 2.10. The Morgan fingerprint density at radius 3 is 2.84 bits per heavy atom. The molecule has 0 fully saturated rings. The summed E-state index contributed by atoms with van der Waals surface area (Å²) in [6.07, 6.45) is 0.478. The van der Waals surface area contributed by atoms with Crippen LogP contribution in [-0.2, 0) is 6.42 Å².